The molecule has 12 nitrogen and oxygen atoms in total. The van der Waals surface area contributed by atoms with E-state index in [1.165, 1.54) is 31.2 Å². The van der Waals surface area contributed by atoms with Gasteiger partial charge in [0.15, 0.2) is 5.76 Å². The second-order valence-corrected chi connectivity index (χ2v) is 6.91. The van der Waals surface area contributed by atoms with Gasteiger partial charge in [0, 0.05) is 11.3 Å². The minimum Gasteiger partial charge on any atom is -0.543 e. The minimum atomic E-state index is -1.60. The third-order valence-electron chi connectivity index (χ3n) is 4.07. The number of primary amides is 1. The fourth-order valence-electron chi connectivity index (χ4n) is 2.85. The molecule has 0 spiro atoms. The van der Waals surface area contributed by atoms with Crippen LogP contribution < -0.4 is 45.7 Å². The average Bonchev–Trinajstić information content (AvgIpc) is 3.21. The predicted octanol–water partition coefficient (Wildman–Crippen LogP) is -4.87. The van der Waals surface area contributed by atoms with Crippen molar-refractivity contribution in [3.05, 3.63) is 35.4 Å². The van der Waals surface area contributed by atoms with Crippen LogP contribution in [0.4, 0.5) is 4.79 Å². The first-order chi connectivity index (χ1) is 13.8. The Kier molecular flexibility index (Phi) is 7.95. The summed E-state index contributed by atoms with van der Waals surface area (Å²) in [6.45, 7) is -0.387. The number of thioether (sulfide) groups is 1. The Balaban J connectivity index is 0.00000320. The van der Waals surface area contributed by atoms with Gasteiger partial charge in [-0.05, 0) is 12.1 Å². The summed E-state index contributed by atoms with van der Waals surface area (Å²) in [5.74, 6) is -2.74. The number of carboxylic acids is 1. The number of ether oxygens (including phenoxy) is 1. The third kappa shape index (κ3) is 4.64. The number of furan rings is 1. The molecule has 1 aromatic heterocycles. The minimum absolute atomic E-state index is 0. The van der Waals surface area contributed by atoms with Crippen LogP contribution in [-0.4, -0.2) is 65.4 Å². The van der Waals surface area contributed by atoms with Crippen LogP contribution in [0, 0.1) is 0 Å². The summed E-state index contributed by atoms with van der Waals surface area (Å²) < 4.78 is 9.75. The summed E-state index contributed by atoms with van der Waals surface area (Å²) in [4.78, 5) is 53.0. The van der Waals surface area contributed by atoms with Gasteiger partial charge in [-0.15, -0.1) is 11.8 Å². The number of hydrogen-bond donors (Lipinski definition) is 2. The van der Waals surface area contributed by atoms with E-state index < -0.39 is 41.0 Å². The molecule has 0 aromatic carbocycles. The van der Waals surface area contributed by atoms with Crippen molar-refractivity contribution in [2.45, 2.75) is 11.4 Å². The Morgan fingerprint density at radius 1 is 1.47 bits per heavy atom. The number of aliphatic carboxylic acids is 1. The molecule has 3 N–H and O–H groups in total. The van der Waals surface area contributed by atoms with E-state index in [2.05, 4.69) is 20.0 Å². The standard InChI is InChI=1S/C16H16N4O8S.Na/c1-26-19-9(8-3-2-4-27-8)12(21)18-10-13(22)20-11(15(23)24)7(5-28-16(17)25)6-29-14(10)20;/h2-4,10,14H,5-6H2,1H3,(H2,17,25)(H,18,21)(H,23,24);/q;+1/p-1/b19-9+;/t10-,14+;/m0./s1. The van der Waals surface area contributed by atoms with Gasteiger partial charge in [0.2, 0.25) is 5.71 Å². The maximum absolute atomic E-state index is 12.5. The Morgan fingerprint density at radius 2 is 2.20 bits per heavy atom. The number of nitrogens with one attached hydrogen (secondary N) is 1. The number of carboxylic acid groups (broad SMARTS) is 1. The number of carbonyl (C=O) groups is 4. The van der Waals surface area contributed by atoms with E-state index in [-0.39, 0.29) is 59.0 Å². The summed E-state index contributed by atoms with van der Waals surface area (Å²) in [6.07, 6.45) is 0.262. The second-order valence-electron chi connectivity index (χ2n) is 5.81. The number of hydrogen-bond acceptors (Lipinski definition) is 10. The van der Waals surface area contributed by atoms with Crippen molar-refractivity contribution in [2.24, 2.45) is 10.9 Å². The molecule has 14 heteroatoms. The van der Waals surface area contributed by atoms with Crippen LogP contribution in [-0.2, 0) is 24.0 Å². The van der Waals surface area contributed by atoms with Crippen molar-refractivity contribution in [1.82, 2.24) is 10.2 Å². The van der Waals surface area contributed by atoms with Crippen LogP contribution in [0.3, 0.4) is 0 Å². The molecule has 3 rings (SSSR count). The average molecular weight is 446 g/mol. The first kappa shape index (κ1) is 23.8. The molecule has 0 aliphatic carbocycles. The van der Waals surface area contributed by atoms with Crippen molar-refractivity contribution in [3.63, 3.8) is 0 Å². The largest absolute Gasteiger partial charge is 1.00 e. The molecule has 1 saturated heterocycles. The van der Waals surface area contributed by atoms with E-state index in [0.717, 1.165) is 4.90 Å². The van der Waals surface area contributed by atoms with Crippen LogP contribution in [0.2, 0.25) is 0 Å². The molecule has 154 valence electrons. The number of nitrogens with zero attached hydrogens (tertiary/aromatic N) is 2. The van der Waals surface area contributed by atoms with Gasteiger partial charge in [-0.3, -0.25) is 14.5 Å². The normalized spacial score (nSPS) is 20.5. The molecular formula is C16H15N4NaO8S. The molecule has 3 heterocycles. The van der Waals surface area contributed by atoms with Gasteiger partial charge in [-0.2, -0.15) is 0 Å². The van der Waals surface area contributed by atoms with E-state index in [4.69, 9.17) is 10.2 Å². The van der Waals surface area contributed by atoms with Crippen molar-refractivity contribution >= 4 is 41.4 Å². The molecule has 2 aliphatic rings. The maximum Gasteiger partial charge on any atom is 1.00 e. The van der Waals surface area contributed by atoms with Crippen LogP contribution in [0.1, 0.15) is 5.76 Å². The first-order valence-corrected chi connectivity index (χ1v) is 9.16. The molecule has 0 bridgehead atoms. The molecule has 0 saturated carbocycles. The van der Waals surface area contributed by atoms with E-state index in [1.807, 2.05) is 0 Å². The molecular weight excluding hydrogens is 431 g/mol. The van der Waals surface area contributed by atoms with Crippen molar-refractivity contribution in [2.75, 3.05) is 19.5 Å². The van der Waals surface area contributed by atoms with Crippen LogP contribution >= 0.6 is 11.8 Å². The number of rotatable bonds is 7. The van der Waals surface area contributed by atoms with Gasteiger partial charge >= 0.3 is 35.7 Å². The van der Waals surface area contributed by atoms with Gasteiger partial charge in [0.25, 0.3) is 11.8 Å². The van der Waals surface area contributed by atoms with E-state index in [1.54, 1.807) is 6.07 Å². The monoisotopic (exact) mass is 446 g/mol. The third-order valence-corrected chi connectivity index (χ3v) is 5.41. The quantitative estimate of drug-likeness (QED) is 0.180. The summed E-state index contributed by atoms with van der Waals surface area (Å²) in [5.41, 5.74) is 4.48. The van der Waals surface area contributed by atoms with Gasteiger partial charge < -0.3 is 34.9 Å². The van der Waals surface area contributed by atoms with E-state index >= 15 is 0 Å². The van der Waals surface area contributed by atoms with Crippen LogP contribution in [0.5, 0.6) is 0 Å². The maximum atomic E-state index is 12.5. The topological polar surface area (TPSA) is 177 Å². The molecule has 2 aliphatic heterocycles. The zero-order valence-corrected chi connectivity index (χ0v) is 18.8. The van der Waals surface area contributed by atoms with Crippen LogP contribution in [0.25, 0.3) is 0 Å². The Hall–Kier alpha value is -2.48. The first-order valence-electron chi connectivity index (χ1n) is 8.11. The second kappa shape index (κ2) is 10.0. The molecule has 2 atom stereocenters. The SMILES string of the molecule is CO/N=C(/C(=O)N[C@H]1C(=O)N2C(C(=O)[O-])=C(COC(N)=O)CS[C@H]12)c1ccco1.[Na+]. The van der Waals surface area contributed by atoms with Crippen molar-refractivity contribution in [3.8, 4) is 0 Å². The zero-order valence-electron chi connectivity index (χ0n) is 15.9. The summed E-state index contributed by atoms with van der Waals surface area (Å²) in [5, 5.41) is 17.0. The number of nitrogens with two attached hydrogens (primary N) is 1. The van der Waals surface area contributed by atoms with Crippen molar-refractivity contribution in [1.29, 1.82) is 0 Å². The Morgan fingerprint density at radius 3 is 2.77 bits per heavy atom. The Labute approximate surface area is 196 Å². The van der Waals surface area contributed by atoms with Gasteiger partial charge in [-0.1, -0.05) is 5.16 Å². The number of oxime groups is 1. The fourth-order valence-corrected chi connectivity index (χ4v) is 4.18. The summed E-state index contributed by atoms with van der Waals surface area (Å²) in [7, 11) is 1.25. The molecule has 30 heavy (non-hydrogen) atoms. The number of β-lactam (4-membered cyclic amide) rings is 1. The summed E-state index contributed by atoms with van der Waals surface area (Å²) in [6, 6.07) is 2.04. The molecule has 1 fully saturated rings. The fraction of sp³-hybridized carbons (Fsp3) is 0.312. The smallest absolute Gasteiger partial charge is 0.543 e. The molecule has 0 unspecified atom stereocenters. The van der Waals surface area contributed by atoms with Crippen LogP contribution in [0.15, 0.2) is 39.2 Å². The van der Waals surface area contributed by atoms with Gasteiger partial charge in [-0.25, -0.2) is 4.79 Å². The molecule has 1 aromatic rings. The zero-order chi connectivity index (χ0) is 21.1. The van der Waals surface area contributed by atoms with E-state index in [0.29, 0.717) is 0 Å². The Bertz CT molecular complexity index is 916. The molecule has 3 amide bonds. The van der Waals surface area contributed by atoms with Crippen molar-refractivity contribution < 1.29 is 67.8 Å². The number of amides is 3. The predicted molar refractivity (Wildman–Crippen MR) is 94.8 cm³/mol. The van der Waals surface area contributed by atoms with Gasteiger partial charge in [0.1, 0.15) is 25.1 Å². The summed E-state index contributed by atoms with van der Waals surface area (Å²) >= 11 is 1.18. The van der Waals surface area contributed by atoms with E-state index in [9.17, 15) is 24.3 Å². The molecule has 0 radical (unpaired) electrons. The number of fused-ring (bicyclic) bond motifs is 1. The number of carbonyl (C=O) groups excluding carboxylic acids is 4. The van der Waals surface area contributed by atoms with Gasteiger partial charge in [0.05, 0.1) is 17.9 Å².